The first-order chi connectivity index (χ1) is 13.8. The van der Waals surface area contributed by atoms with Crippen molar-refractivity contribution in [3.8, 4) is 0 Å². The SMILES string of the molecule is COCOC[C@]1(O)[C@@H](O[Si](C)(C)C(C)(C)C)C[C@H](OC(C)(C)C)[C@@](C)(CC(=O)O)[C@H]1O. The lowest BCUT2D eigenvalue weighted by Gasteiger charge is -2.57. The summed E-state index contributed by atoms with van der Waals surface area (Å²) in [5, 5.41) is 32.6. The van der Waals surface area contributed by atoms with Crippen LogP contribution in [0.15, 0.2) is 0 Å². The van der Waals surface area contributed by atoms with Crippen LogP contribution in [-0.4, -0.2) is 79.6 Å². The summed E-state index contributed by atoms with van der Waals surface area (Å²) in [6.07, 6.45) is -3.03. The number of aliphatic carboxylic acids is 1. The topological polar surface area (TPSA) is 115 Å². The van der Waals surface area contributed by atoms with Gasteiger partial charge in [0.25, 0.3) is 0 Å². The molecule has 0 unspecified atom stereocenters. The second-order valence-corrected chi connectivity index (χ2v) is 16.3. The van der Waals surface area contributed by atoms with Crippen molar-refractivity contribution in [2.24, 2.45) is 5.41 Å². The molecule has 31 heavy (non-hydrogen) atoms. The molecule has 0 spiro atoms. The van der Waals surface area contributed by atoms with Crippen molar-refractivity contribution in [3.05, 3.63) is 0 Å². The Kier molecular flexibility index (Phi) is 8.95. The van der Waals surface area contributed by atoms with E-state index in [1.165, 1.54) is 7.11 Å². The summed E-state index contributed by atoms with van der Waals surface area (Å²) in [6.45, 7) is 17.4. The summed E-state index contributed by atoms with van der Waals surface area (Å²) in [5.74, 6) is -1.08. The molecule has 1 rings (SSSR count). The first-order valence-corrected chi connectivity index (χ1v) is 13.8. The van der Waals surface area contributed by atoms with Crippen molar-refractivity contribution in [2.45, 2.75) is 109 Å². The number of hydrogen-bond donors (Lipinski definition) is 3. The molecule has 184 valence electrons. The van der Waals surface area contributed by atoms with E-state index in [1.807, 2.05) is 20.8 Å². The Balaban J connectivity index is 3.49. The molecule has 0 radical (unpaired) electrons. The van der Waals surface area contributed by atoms with E-state index in [0.29, 0.717) is 0 Å². The monoisotopic (exact) mass is 464 g/mol. The van der Waals surface area contributed by atoms with Gasteiger partial charge in [-0.05, 0) is 38.9 Å². The predicted molar refractivity (Wildman–Crippen MR) is 120 cm³/mol. The van der Waals surface area contributed by atoms with Gasteiger partial charge < -0.3 is 34.0 Å². The number of aliphatic hydroxyl groups excluding tert-OH is 1. The van der Waals surface area contributed by atoms with Crippen LogP contribution in [0.4, 0.5) is 0 Å². The van der Waals surface area contributed by atoms with E-state index in [0.717, 1.165) is 0 Å². The van der Waals surface area contributed by atoms with Gasteiger partial charge in [0.05, 0.1) is 36.9 Å². The second kappa shape index (κ2) is 9.75. The lowest BCUT2D eigenvalue weighted by Crippen LogP contribution is -2.71. The van der Waals surface area contributed by atoms with E-state index in [2.05, 4.69) is 33.9 Å². The number of methoxy groups -OCH3 is 1. The molecule has 0 heterocycles. The molecule has 0 bridgehead atoms. The molecule has 8 nitrogen and oxygen atoms in total. The lowest BCUT2D eigenvalue weighted by atomic mass is 9.61. The van der Waals surface area contributed by atoms with E-state index < -0.39 is 49.2 Å². The van der Waals surface area contributed by atoms with Crippen LogP contribution < -0.4 is 0 Å². The van der Waals surface area contributed by atoms with Crippen molar-refractivity contribution >= 4 is 14.3 Å². The van der Waals surface area contributed by atoms with Gasteiger partial charge >= 0.3 is 5.97 Å². The quantitative estimate of drug-likeness (QED) is 0.271. The van der Waals surface area contributed by atoms with Gasteiger partial charge in [0.1, 0.15) is 12.4 Å². The summed E-state index contributed by atoms with van der Waals surface area (Å²) in [4.78, 5) is 11.7. The highest BCUT2D eigenvalue weighted by Gasteiger charge is 2.63. The average Bonchev–Trinajstić information content (AvgIpc) is 2.55. The van der Waals surface area contributed by atoms with Gasteiger partial charge in [-0.2, -0.15) is 0 Å². The molecule has 3 N–H and O–H groups in total. The Labute approximate surface area is 188 Å². The van der Waals surface area contributed by atoms with Crippen LogP contribution in [-0.2, 0) is 23.4 Å². The minimum absolute atomic E-state index is 0.0700. The summed E-state index contributed by atoms with van der Waals surface area (Å²) in [5.41, 5.74) is -3.65. The Morgan fingerprint density at radius 3 is 2.10 bits per heavy atom. The maximum absolute atomic E-state index is 11.7. The van der Waals surface area contributed by atoms with Crippen molar-refractivity contribution in [2.75, 3.05) is 20.5 Å². The molecule has 1 aliphatic rings. The summed E-state index contributed by atoms with van der Waals surface area (Å²) < 4.78 is 23.3. The highest BCUT2D eigenvalue weighted by atomic mass is 28.4. The first kappa shape index (κ1) is 28.5. The standard InChI is InChI=1S/C22H44O8Si/c1-19(2,3)29-15-11-16(30-31(9,10)20(4,5)6)22(26,13-28-14-27-8)18(25)21(15,7)12-17(23)24/h15-16,18,25-26H,11-14H2,1-10H3,(H,23,24)/t15-,16-,18+,21+,22-/m0/s1. The summed E-state index contributed by atoms with van der Waals surface area (Å²) in [7, 11) is -0.890. The molecule has 1 aliphatic carbocycles. The van der Waals surface area contributed by atoms with Gasteiger partial charge in [-0.15, -0.1) is 0 Å². The van der Waals surface area contributed by atoms with Gasteiger partial charge in [0.2, 0.25) is 0 Å². The molecule has 1 fully saturated rings. The van der Waals surface area contributed by atoms with Crippen LogP contribution in [0.5, 0.6) is 0 Å². The zero-order chi connectivity index (χ0) is 24.5. The van der Waals surface area contributed by atoms with Crippen molar-refractivity contribution < 1.29 is 38.8 Å². The number of carbonyl (C=O) groups is 1. The smallest absolute Gasteiger partial charge is 0.304 e. The van der Waals surface area contributed by atoms with Gasteiger partial charge in [-0.3, -0.25) is 4.79 Å². The summed E-state index contributed by atoms with van der Waals surface area (Å²) in [6, 6.07) is 0. The zero-order valence-electron chi connectivity index (χ0n) is 20.9. The van der Waals surface area contributed by atoms with Gasteiger partial charge in [-0.1, -0.05) is 27.7 Å². The molecule has 9 heteroatoms. The number of ether oxygens (including phenoxy) is 3. The lowest BCUT2D eigenvalue weighted by molar-refractivity contribution is -0.278. The molecule has 0 aromatic rings. The fourth-order valence-corrected chi connectivity index (χ4v) is 5.24. The Morgan fingerprint density at radius 2 is 1.68 bits per heavy atom. The van der Waals surface area contributed by atoms with E-state index in [1.54, 1.807) is 6.92 Å². The maximum Gasteiger partial charge on any atom is 0.304 e. The molecule has 0 aliphatic heterocycles. The van der Waals surface area contributed by atoms with Gasteiger partial charge in [-0.25, -0.2) is 0 Å². The molecule has 0 aromatic heterocycles. The number of hydrogen-bond acceptors (Lipinski definition) is 7. The Morgan fingerprint density at radius 1 is 1.13 bits per heavy atom. The third kappa shape index (κ3) is 6.72. The molecular formula is C22H44O8Si. The van der Waals surface area contributed by atoms with E-state index in [9.17, 15) is 20.1 Å². The van der Waals surface area contributed by atoms with Gasteiger partial charge in [0, 0.05) is 18.9 Å². The molecule has 0 aromatic carbocycles. The molecule has 5 atom stereocenters. The van der Waals surface area contributed by atoms with Crippen LogP contribution in [0, 0.1) is 5.41 Å². The Bertz CT molecular complexity index is 612. The number of carboxylic acid groups (broad SMARTS) is 1. The van der Waals surface area contributed by atoms with Crippen LogP contribution >= 0.6 is 0 Å². The van der Waals surface area contributed by atoms with Crippen LogP contribution in [0.1, 0.15) is 61.3 Å². The highest BCUT2D eigenvalue weighted by Crippen LogP contribution is 2.50. The number of rotatable bonds is 9. The third-order valence-corrected chi connectivity index (χ3v) is 11.1. The van der Waals surface area contributed by atoms with Crippen molar-refractivity contribution in [1.29, 1.82) is 0 Å². The van der Waals surface area contributed by atoms with E-state index in [-0.39, 0.29) is 31.3 Å². The molecule has 1 saturated carbocycles. The third-order valence-electron chi connectivity index (χ3n) is 6.62. The first-order valence-electron chi connectivity index (χ1n) is 10.8. The number of aliphatic hydroxyl groups is 2. The largest absolute Gasteiger partial charge is 0.481 e. The molecule has 0 amide bonds. The van der Waals surface area contributed by atoms with Crippen LogP contribution in [0.3, 0.4) is 0 Å². The minimum Gasteiger partial charge on any atom is -0.481 e. The van der Waals surface area contributed by atoms with Gasteiger partial charge in [0.15, 0.2) is 8.32 Å². The average molecular weight is 465 g/mol. The van der Waals surface area contributed by atoms with Crippen molar-refractivity contribution in [3.63, 3.8) is 0 Å². The van der Waals surface area contributed by atoms with Crippen molar-refractivity contribution in [1.82, 2.24) is 0 Å². The predicted octanol–water partition coefficient (Wildman–Crippen LogP) is 3.16. The Hall–Kier alpha value is -0.553. The molecule has 0 saturated heterocycles. The highest BCUT2D eigenvalue weighted by molar-refractivity contribution is 6.74. The van der Waals surface area contributed by atoms with E-state index in [4.69, 9.17) is 18.6 Å². The van der Waals surface area contributed by atoms with Crippen LogP contribution in [0.25, 0.3) is 0 Å². The van der Waals surface area contributed by atoms with E-state index >= 15 is 0 Å². The minimum atomic E-state index is -2.35. The fourth-order valence-electron chi connectivity index (χ4n) is 3.88. The molecular weight excluding hydrogens is 420 g/mol. The zero-order valence-corrected chi connectivity index (χ0v) is 21.9. The maximum atomic E-state index is 11.7. The fraction of sp³-hybridized carbons (Fsp3) is 0.955. The second-order valence-electron chi connectivity index (χ2n) is 11.5. The number of carboxylic acids is 1. The normalized spacial score (nSPS) is 32.8. The summed E-state index contributed by atoms with van der Waals surface area (Å²) >= 11 is 0. The van der Waals surface area contributed by atoms with Crippen LogP contribution in [0.2, 0.25) is 18.1 Å².